The van der Waals surface area contributed by atoms with Crippen molar-refractivity contribution >= 4 is 23.2 Å². The van der Waals surface area contributed by atoms with Gasteiger partial charge in [0, 0.05) is 30.4 Å². The largest absolute Gasteiger partial charge is 0.349 e. The van der Waals surface area contributed by atoms with Crippen LogP contribution in [0, 0.1) is 11.7 Å². The number of piperidine rings is 1. The fourth-order valence-corrected chi connectivity index (χ4v) is 4.90. The van der Waals surface area contributed by atoms with E-state index >= 15 is 0 Å². The molecule has 3 aromatic rings. The van der Waals surface area contributed by atoms with Crippen LogP contribution in [0.2, 0.25) is 0 Å². The van der Waals surface area contributed by atoms with Gasteiger partial charge in [0.25, 0.3) is 11.8 Å². The Morgan fingerprint density at radius 2 is 1.71 bits per heavy atom. The lowest BCUT2D eigenvalue weighted by molar-refractivity contribution is 0.0887. The van der Waals surface area contributed by atoms with E-state index in [9.17, 15) is 14.0 Å². The van der Waals surface area contributed by atoms with Gasteiger partial charge in [0.15, 0.2) is 11.4 Å². The molecule has 2 aromatic heterocycles. The summed E-state index contributed by atoms with van der Waals surface area (Å²) in [5.74, 6) is -0.581. The maximum Gasteiger partial charge on any atom is 0.272 e. The second kappa shape index (κ2) is 11.3. The number of nitrogens with zero attached hydrogens (tertiary/aromatic N) is 3. The molecule has 178 valence electrons. The summed E-state index contributed by atoms with van der Waals surface area (Å²) in [6, 6.07) is 10.0. The minimum Gasteiger partial charge on any atom is -0.349 e. The molecule has 1 aliphatic heterocycles. The van der Waals surface area contributed by atoms with Gasteiger partial charge in [0.1, 0.15) is 5.82 Å². The number of likely N-dealkylation sites (tertiary alicyclic amines) is 1. The van der Waals surface area contributed by atoms with Crippen LogP contribution in [0.1, 0.15) is 57.2 Å². The van der Waals surface area contributed by atoms with E-state index in [-0.39, 0.29) is 29.8 Å². The molecule has 1 fully saturated rings. The first-order valence-corrected chi connectivity index (χ1v) is 12.3. The van der Waals surface area contributed by atoms with E-state index < -0.39 is 11.8 Å². The maximum absolute atomic E-state index is 13.1. The third-order valence-electron chi connectivity index (χ3n) is 6.08. The average Bonchev–Trinajstić information content (AvgIpc) is 3.39. The fraction of sp³-hybridized carbons (Fsp3) is 0.360. The Hall–Kier alpha value is -3.17. The van der Waals surface area contributed by atoms with Gasteiger partial charge in [-0.3, -0.25) is 14.5 Å². The van der Waals surface area contributed by atoms with Crippen molar-refractivity contribution in [2.45, 2.75) is 32.4 Å². The molecule has 0 spiro atoms. The molecule has 7 nitrogen and oxygen atoms in total. The number of thiophene rings is 1. The summed E-state index contributed by atoms with van der Waals surface area (Å²) in [5.41, 5.74) is 0.678. The van der Waals surface area contributed by atoms with Gasteiger partial charge in [-0.2, -0.15) is 0 Å². The number of carbonyl (C=O) groups is 2. The van der Waals surface area contributed by atoms with Crippen molar-refractivity contribution in [1.82, 2.24) is 25.5 Å². The first-order valence-electron chi connectivity index (χ1n) is 11.4. The normalized spacial score (nSPS) is 15.6. The van der Waals surface area contributed by atoms with Crippen LogP contribution in [-0.4, -0.2) is 46.3 Å². The van der Waals surface area contributed by atoms with Crippen LogP contribution < -0.4 is 10.6 Å². The lowest BCUT2D eigenvalue weighted by atomic mass is 9.97. The van der Waals surface area contributed by atoms with Crippen LogP contribution in [0.5, 0.6) is 0 Å². The standard InChI is InChI=1S/C25H28FN5O2S/c1-17-8-12-31(13-9-17)20(21-3-2-14-34-21)16-30-25(33)23-22(27-10-11-28-23)24(32)29-15-18-4-6-19(26)7-5-18/h2-7,10-11,14,17,20H,8-9,12-13,15-16H2,1H3,(H,29,32)(H,30,33). The smallest absolute Gasteiger partial charge is 0.272 e. The molecule has 1 unspecified atom stereocenters. The number of nitrogens with one attached hydrogen (secondary N) is 2. The second-order valence-corrected chi connectivity index (χ2v) is 9.50. The highest BCUT2D eigenvalue weighted by Crippen LogP contribution is 2.29. The highest BCUT2D eigenvalue weighted by molar-refractivity contribution is 7.10. The summed E-state index contributed by atoms with van der Waals surface area (Å²) >= 11 is 1.68. The molecule has 1 aromatic carbocycles. The summed E-state index contributed by atoms with van der Waals surface area (Å²) in [6.45, 7) is 4.85. The summed E-state index contributed by atoms with van der Waals surface area (Å²) < 4.78 is 13.1. The fourth-order valence-electron chi connectivity index (χ4n) is 4.04. The second-order valence-electron chi connectivity index (χ2n) is 8.52. The Morgan fingerprint density at radius 3 is 2.32 bits per heavy atom. The van der Waals surface area contributed by atoms with E-state index in [4.69, 9.17) is 0 Å². The van der Waals surface area contributed by atoms with Crippen molar-refractivity contribution < 1.29 is 14.0 Å². The van der Waals surface area contributed by atoms with Crippen molar-refractivity contribution in [3.8, 4) is 0 Å². The molecule has 0 saturated carbocycles. The number of rotatable bonds is 8. The molecule has 0 aliphatic carbocycles. The minimum absolute atomic E-state index is 0.0173. The summed E-state index contributed by atoms with van der Waals surface area (Å²) in [5, 5.41) is 7.74. The van der Waals surface area contributed by atoms with Gasteiger partial charge in [-0.1, -0.05) is 25.1 Å². The third kappa shape index (κ3) is 6.03. The van der Waals surface area contributed by atoms with E-state index in [0.717, 1.165) is 31.5 Å². The maximum atomic E-state index is 13.1. The SMILES string of the molecule is CC1CCN(C(CNC(=O)c2nccnc2C(=O)NCc2ccc(F)cc2)c2cccs2)CC1. The molecule has 0 radical (unpaired) electrons. The minimum atomic E-state index is -0.512. The van der Waals surface area contributed by atoms with E-state index in [1.165, 1.54) is 29.4 Å². The average molecular weight is 482 g/mol. The zero-order chi connectivity index (χ0) is 23.9. The van der Waals surface area contributed by atoms with Crippen LogP contribution in [0.3, 0.4) is 0 Å². The first kappa shape index (κ1) is 24.0. The molecule has 1 saturated heterocycles. The molecule has 2 amide bonds. The zero-order valence-corrected chi connectivity index (χ0v) is 19.9. The number of benzene rings is 1. The van der Waals surface area contributed by atoms with Crippen LogP contribution in [0.15, 0.2) is 54.2 Å². The van der Waals surface area contributed by atoms with Gasteiger partial charge in [-0.05, 0) is 61.0 Å². The van der Waals surface area contributed by atoms with E-state index in [1.807, 2.05) is 11.4 Å². The number of halogens is 1. The highest BCUT2D eigenvalue weighted by atomic mass is 32.1. The Kier molecular flexibility index (Phi) is 7.97. The number of hydrogen-bond donors (Lipinski definition) is 2. The van der Waals surface area contributed by atoms with Gasteiger partial charge < -0.3 is 10.6 Å². The van der Waals surface area contributed by atoms with Crippen LogP contribution >= 0.6 is 11.3 Å². The van der Waals surface area contributed by atoms with Gasteiger partial charge in [-0.25, -0.2) is 14.4 Å². The number of aromatic nitrogens is 2. The zero-order valence-electron chi connectivity index (χ0n) is 19.0. The number of carbonyl (C=O) groups excluding carboxylic acids is 2. The van der Waals surface area contributed by atoms with Gasteiger partial charge >= 0.3 is 0 Å². The third-order valence-corrected chi connectivity index (χ3v) is 7.05. The Morgan fingerprint density at radius 1 is 1.06 bits per heavy atom. The van der Waals surface area contributed by atoms with Crippen molar-refractivity contribution in [3.05, 3.63) is 81.8 Å². The summed E-state index contributed by atoms with van der Waals surface area (Å²) in [6.07, 6.45) is 5.05. The van der Waals surface area contributed by atoms with E-state index in [2.05, 4.69) is 38.5 Å². The van der Waals surface area contributed by atoms with E-state index in [1.54, 1.807) is 23.5 Å². The van der Waals surface area contributed by atoms with Crippen LogP contribution in [-0.2, 0) is 6.54 Å². The Balaban J connectivity index is 1.42. The Labute approximate surface area is 202 Å². The molecular weight excluding hydrogens is 453 g/mol. The lowest BCUT2D eigenvalue weighted by Gasteiger charge is -2.36. The summed E-state index contributed by atoms with van der Waals surface area (Å²) in [7, 11) is 0. The Bertz CT molecular complexity index is 1100. The van der Waals surface area contributed by atoms with Crippen molar-refractivity contribution in [3.63, 3.8) is 0 Å². The number of hydrogen-bond acceptors (Lipinski definition) is 6. The highest BCUT2D eigenvalue weighted by Gasteiger charge is 2.27. The molecule has 1 aliphatic rings. The predicted molar refractivity (Wildman–Crippen MR) is 129 cm³/mol. The molecule has 0 bridgehead atoms. The van der Waals surface area contributed by atoms with Crippen molar-refractivity contribution in [2.24, 2.45) is 5.92 Å². The van der Waals surface area contributed by atoms with Gasteiger partial charge in [0.05, 0.1) is 6.04 Å². The van der Waals surface area contributed by atoms with Crippen LogP contribution in [0.4, 0.5) is 4.39 Å². The molecule has 1 atom stereocenters. The number of amides is 2. The van der Waals surface area contributed by atoms with Gasteiger partial charge in [0.2, 0.25) is 0 Å². The first-order chi connectivity index (χ1) is 16.5. The quantitative estimate of drug-likeness (QED) is 0.511. The van der Waals surface area contributed by atoms with E-state index in [0.29, 0.717) is 12.5 Å². The molecule has 4 rings (SSSR count). The monoisotopic (exact) mass is 481 g/mol. The van der Waals surface area contributed by atoms with Crippen molar-refractivity contribution in [2.75, 3.05) is 19.6 Å². The summed E-state index contributed by atoms with van der Waals surface area (Å²) in [4.78, 5) is 37.6. The molecule has 9 heteroatoms. The van der Waals surface area contributed by atoms with Gasteiger partial charge in [-0.15, -0.1) is 11.3 Å². The predicted octanol–water partition coefficient (Wildman–Crippen LogP) is 3.81. The van der Waals surface area contributed by atoms with Crippen molar-refractivity contribution in [1.29, 1.82) is 0 Å². The topological polar surface area (TPSA) is 87.2 Å². The molecule has 3 heterocycles. The van der Waals surface area contributed by atoms with Crippen LogP contribution in [0.25, 0.3) is 0 Å². The molecule has 2 N–H and O–H groups in total. The molecular formula is C25H28FN5O2S. The molecule has 34 heavy (non-hydrogen) atoms. The lowest BCUT2D eigenvalue weighted by Crippen LogP contribution is -2.42.